The van der Waals surface area contributed by atoms with E-state index in [9.17, 15) is 23.7 Å². The molecule has 0 spiro atoms. The van der Waals surface area contributed by atoms with Crippen LogP contribution >= 0.6 is 0 Å². The molecule has 9 heteroatoms. The standard InChI is InChI=1S/C16H10F2N2O5/c17-10-2-3-11(18)12(6-10)19-16(21)4-1-9-5-14-15(25-8-24-14)7-13(9)20(22)23/h1-7H,8H2,(H,19,21). The molecule has 2 aromatic rings. The molecule has 128 valence electrons. The Hall–Kier alpha value is -3.49. The first-order chi connectivity index (χ1) is 11.9. The fourth-order valence-corrected chi connectivity index (χ4v) is 2.17. The van der Waals surface area contributed by atoms with Crippen molar-refractivity contribution >= 4 is 23.4 Å². The molecule has 0 bridgehead atoms. The Balaban J connectivity index is 1.83. The summed E-state index contributed by atoms with van der Waals surface area (Å²) in [5.74, 6) is -1.77. The van der Waals surface area contributed by atoms with Gasteiger partial charge in [0, 0.05) is 12.1 Å². The number of nitrogens with zero attached hydrogens (tertiary/aromatic N) is 1. The van der Waals surface area contributed by atoms with Crippen LogP contribution in [0.25, 0.3) is 6.08 Å². The van der Waals surface area contributed by atoms with Crippen LogP contribution in [0.2, 0.25) is 0 Å². The molecule has 25 heavy (non-hydrogen) atoms. The van der Waals surface area contributed by atoms with Crippen LogP contribution in [0.3, 0.4) is 0 Å². The summed E-state index contributed by atoms with van der Waals surface area (Å²) in [6.45, 7) is -0.0566. The largest absolute Gasteiger partial charge is 0.454 e. The number of fused-ring (bicyclic) bond motifs is 1. The van der Waals surface area contributed by atoms with Crippen LogP contribution in [0.1, 0.15) is 5.56 Å². The van der Waals surface area contributed by atoms with E-state index in [2.05, 4.69) is 5.32 Å². The van der Waals surface area contributed by atoms with Gasteiger partial charge in [-0.3, -0.25) is 14.9 Å². The van der Waals surface area contributed by atoms with E-state index in [0.717, 1.165) is 24.3 Å². The first-order valence-electron chi connectivity index (χ1n) is 6.96. The Morgan fingerprint density at radius 1 is 1.20 bits per heavy atom. The van der Waals surface area contributed by atoms with E-state index in [1.165, 1.54) is 18.2 Å². The van der Waals surface area contributed by atoms with Gasteiger partial charge in [0.15, 0.2) is 11.5 Å². The molecular weight excluding hydrogens is 338 g/mol. The second-order valence-electron chi connectivity index (χ2n) is 4.97. The van der Waals surface area contributed by atoms with Gasteiger partial charge in [0.1, 0.15) is 11.6 Å². The monoisotopic (exact) mass is 348 g/mol. The number of ether oxygens (including phenoxy) is 2. The number of hydrogen-bond acceptors (Lipinski definition) is 5. The van der Waals surface area contributed by atoms with E-state index >= 15 is 0 Å². The van der Waals surface area contributed by atoms with Gasteiger partial charge >= 0.3 is 0 Å². The number of nitrogens with one attached hydrogen (secondary N) is 1. The molecule has 2 aromatic carbocycles. The smallest absolute Gasteiger partial charge is 0.280 e. The Morgan fingerprint density at radius 3 is 2.64 bits per heavy atom. The molecule has 7 nitrogen and oxygen atoms in total. The van der Waals surface area contributed by atoms with Gasteiger partial charge in [0.25, 0.3) is 5.69 Å². The van der Waals surface area contributed by atoms with Crippen LogP contribution in [-0.2, 0) is 4.79 Å². The molecular formula is C16H10F2N2O5. The van der Waals surface area contributed by atoms with Crippen LogP contribution in [-0.4, -0.2) is 17.6 Å². The average molecular weight is 348 g/mol. The molecule has 0 saturated carbocycles. The fourth-order valence-electron chi connectivity index (χ4n) is 2.17. The van der Waals surface area contributed by atoms with Crippen molar-refractivity contribution in [2.75, 3.05) is 12.1 Å². The predicted molar refractivity (Wildman–Crippen MR) is 83.2 cm³/mol. The number of rotatable bonds is 4. The minimum absolute atomic E-state index is 0.0566. The number of nitro groups is 1. The van der Waals surface area contributed by atoms with Crippen molar-refractivity contribution in [2.45, 2.75) is 0 Å². The van der Waals surface area contributed by atoms with Crippen LogP contribution in [0.4, 0.5) is 20.2 Å². The lowest BCUT2D eigenvalue weighted by atomic mass is 10.1. The van der Waals surface area contributed by atoms with E-state index in [-0.39, 0.29) is 29.5 Å². The van der Waals surface area contributed by atoms with E-state index in [0.29, 0.717) is 5.75 Å². The summed E-state index contributed by atoms with van der Waals surface area (Å²) in [5, 5.41) is 13.3. The van der Waals surface area contributed by atoms with Crippen LogP contribution in [0, 0.1) is 21.7 Å². The Morgan fingerprint density at radius 2 is 1.92 bits per heavy atom. The molecule has 1 heterocycles. The summed E-state index contributed by atoms with van der Waals surface area (Å²) in [5.41, 5.74) is -0.524. The predicted octanol–water partition coefficient (Wildman–Crippen LogP) is 3.25. The van der Waals surface area contributed by atoms with Crippen LogP contribution in [0.15, 0.2) is 36.4 Å². The molecule has 0 unspecified atom stereocenters. The average Bonchev–Trinajstić information content (AvgIpc) is 3.02. The lowest BCUT2D eigenvalue weighted by Crippen LogP contribution is -2.09. The molecule has 1 amide bonds. The second-order valence-corrected chi connectivity index (χ2v) is 4.97. The number of carbonyl (C=O) groups is 1. The zero-order valence-corrected chi connectivity index (χ0v) is 12.5. The van der Waals surface area contributed by atoms with Gasteiger partial charge in [-0.1, -0.05) is 0 Å². The van der Waals surface area contributed by atoms with Crippen molar-refractivity contribution < 1.29 is 28.0 Å². The normalized spacial score (nSPS) is 12.4. The topological polar surface area (TPSA) is 90.7 Å². The van der Waals surface area contributed by atoms with Crippen molar-refractivity contribution in [2.24, 2.45) is 0 Å². The third kappa shape index (κ3) is 3.55. The van der Waals surface area contributed by atoms with Crippen LogP contribution < -0.4 is 14.8 Å². The van der Waals surface area contributed by atoms with Gasteiger partial charge in [-0.15, -0.1) is 0 Å². The minimum Gasteiger partial charge on any atom is -0.454 e. The molecule has 0 radical (unpaired) electrons. The molecule has 1 N–H and O–H groups in total. The zero-order valence-electron chi connectivity index (χ0n) is 12.5. The molecule has 1 aliphatic heterocycles. The van der Waals surface area contributed by atoms with Crippen LogP contribution in [0.5, 0.6) is 11.5 Å². The van der Waals surface area contributed by atoms with E-state index in [1.54, 1.807) is 0 Å². The molecule has 1 aliphatic rings. The maximum Gasteiger partial charge on any atom is 0.280 e. The highest BCUT2D eigenvalue weighted by molar-refractivity contribution is 6.02. The Labute approximate surface area is 139 Å². The van der Waals surface area contributed by atoms with Gasteiger partial charge in [-0.2, -0.15) is 0 Å². The number of amides is 1. The molecule has 0 atom stereocenters. The SMILES string of the molecule is O=C(C=Cc1cc2c(cc1[N+](=O)[O-])OCO2)Nc1cc(F)ccc1F. The van der Waals surface area contributed by atoms with Gasteiger partial charge in [0.05, 0.1) is 22.2 Å². The molecule has 0 saturated heterocycles. The highest BCUT2D eigenvalue weighted by Crippen LogP contribution is 2.38. The highest BCUT2D eigenvalue weighted by Gasteiger charge is 2.22. The van der Waals surface area contributed by atoms with Crippen molar-refractivity contribution in [1.29, 1.82) is 0 Å². The number of anilines is 1. The molecule has 3 rings (SSSR count). The first kappa shape index (κ1) is 16.4. The van der Waals surface area contributed by atoms with Crippen molar-refractivity contribution in [3.8, 4) is 11.5 Å². The summed E-state index contributed by atoms with van der Waals surface area (Å²) >= 11 is 0. The summed E-state index contributed by atoms with van der Waals surface area (Å²) in [4.78, 5) is 22.3. The first-order valence-corrected chi connectivity index (χ1v) is 6.96. The highest BCUT2D eigenvalue weighted by atomic mass is 19.1. The Bertz CT molecular complexity index is 898. The maximum absolute atomic E-state index is 13.5. The zero-order chi connectivity index (χ0) is 18.0. The Kier molecular flexibility index (Phi) is 4.29. The number of nitro benzene ring substituents is 1. The summed E-state index contributed by atoms with van der Waals surface area (Å²) in [7, 11) is 0. The number of carbonyl (C=O) groups excluding carboxylic acids is 1. The summed E-state index contributed by atoms with van der Waals surface area (Å²) in [6, 6.07) is 5.15. The third-order valence-corrected chi connectivity index (χ3v) is 3.32. The summed E-state index contributed by atoms with van der Waals surface area (Å²) < 4.78 is 36.8. The van der Waals surface area contributed by atoms with E-state index in [4.69, 9.17) is 9.47 Å². The van der Waals surface area contributed by atoms with E-state index < -0.39 is 22.5 Å². The van der Waals surface area contributed by atoms with Crippen molar-refractivity contribution in [3.63, 3.8) is 0 Å². The molecule has 0 aromatic heterocycles. The number of halogens is 2. The fraction of sp³-hybridized carbons (Fsp3) is 0.0625. The maximum atomic E-state index is 13.5. The number of hydrogen-bond donors (Lipinski definition) is 1. The number of benzene rings is 2. The van der Waals surface area contributed by atoms with Crippen molar-refractivity contribution in [3.05, 3.63) is 63.7 Å². The lowest BCUT2D eigenvalue weighted by Gasteiger charge is -2.04. The minimum atomic E-state index is -0.808. The third-order valence-electron chi connectivity index (χ3n) is 3.32. The lowest BCUT2D eigenvalue weighted by molar-refractivity contribution is -0.385. The van der Waals surface area contributed by atoms with Gasteiger partial charge < -0.3 is 14.8 Å². The summed E-state index contributed by atoms with van der Waals surface area (Å²) in [6.07, 6.45) is 2.14. The van der Waals surface area contributed by atoms with Gasteiger partial charge in [0.2, 0.25) is 12.7 Å². The second kappa shape index (κ2) is 6.56. The molecule has 0 fully saturated rings. The molecule has 0 aliphatic carbocycles. The van der Waals surface area contributed by atoms with Crippen molar-refractivity contribution in [1.82, 2.24) is 0 Å². The van der Waals surface area contributed by atoms with Gasteiger partial charge in [-0.05, 0) is 24.3 Å². The van der Waals surface area contributed by atoms with E-state index in [1.807, 2.05) is 0 Å². The quantitative estimate of drug-likeness (QED) is 0.520. The van der Waals surface area contributed by atoms with Gasteiger partial charge in [-0.25, -0.2) is 8.78 Å².